The average Bonchev–Trinajstić information content (AvgIpc) is 2.73. The van der Waals surface area contributed by atoms with Crippen molar-refractivity contribution < 1.29 is 19.1 Å². The van der Waals surface area contributed by atoms with Crippen molar-refractivity contribution >= 4 is 23.3 Å². The Kier molecular flexibility index (Phi) is 6.30. The quantitative estimate of drug-likeness (QED) is 0.441. The summed E-state index contributed by atoms with van der Waals surface area (Å²) in [5.41, 5.74) is 4.23. The van der Waals surface area contributed by atoms with Gasteiger partial charge in [-0.2, -0.15) is 0 Å². The summed E-state index contributed by atoms with van der Waals surface area (Å²) in [5.74, 6) is -0.629. The van der Waals surface area contributed by atoms with Crippen molar-refractivity contribution in [3.05, 3.63) is 68.6 Å². The van der Waals surface area contributed by atoms with Gasteiger partial charge in [-0.25, -0.2) is 4.79 Å². The molecule has 0 aliphatic carbocycles. The number of carbonyl (C=O) groups is 2. The van der Waals surface area contributed by atoms with Crippen LogP contribution in [0.3, 0.4) is 0 Å². The van der Waals surface area contributed by atoms with Gasteiger partial charge in [-0.15, -0.1) is 0 Å². The third-order valence-corrected chi connectivity index (χ3v) is 4.99. The highest BCUT2D eigenvalue weighted by molar-refractivity contribution is 5.98. The molecule has 1 aromatic carbocycles. The summed E-state index contributed by atoms with van der Waals surface area (Å²) in [6, 6.07) is 7.86. The predicted octanol–water partition coefficient (Wildman–Crippen LogP) is 2.76. The summed E-state index contributed by atoms with van der Waals surface area (Å²) in [6.07, 6.45) is 3.48. The van der Waals surface area contributed by atoms with Crippen LogP contribution in [0.4, 0.5) is 0 Å². The van der Waals surface area contributed by atoms with E-state index in [2.05, 4.69) is 4.98 Å². The summed E-state index contributed by atoms with van der Waals surface area (Å²) in [7, 11) is 2.98. The summed E-state index contributed by atoms with van der Waals surface area (Å²) >= 11 is 0. The third kappa shape index (κ3) is 3.96. The van der Waals surface area contributed by atoms with Gasteiger partial charge in [0.2, 0.25) is 0 Å². The molecule has 0 unspecified atom stereocenters. The number of aldehydes is 1. The van der Waals surface area contributed by atoms with E-state index in [0.29, 0.717) is 23.9 Å². The normalized spacial score (nSPS) is 10.8. The van der Waals surface area contributed by atoms with Crippen molar-refractivity contribution in [2.45, 2.75) is 26.7 Å². The van der Waals surface area contributed by atoms with Gasteiger partial charge in [0, 0.05) is 19.7 Å². The van der Waals surface area contributed by atoms with Gasteiger partial charge in [-0.1, -0.05) is 23.8 Å². The van der Waals surface area contributed by atoms with Crippen molar-refractivity contribution in [2.75, 3.05) is 13.7 Å². The molecule has 7 nitrogen and oxygen atoms in total. The number of carbonyl (C=O) groups excluding carboxylic acids is 2. The smallest absolute Gasteiger partial charge is 0.347 e. The number of hydrogen-bond donors (Lipinski definition) is 0. The lowest BCUT2D eigenvalue weighted by Gasteiger charge is -2.14. The molecule has 0 spiro atoms. The molecule has 0 bridgehead atoms. The molecule has 30 heavy (non-hydrogen) atoms. The second kappa shape index (κ2) is 8.90. The summed E-state index contributed by atoms with van der Waals surface area (Å²) in [5, 5.41) is 0. The Balaban J connectivity index is 2.13. The molecule has 0 aliphatic rings. The van der Waals surface area contributed by atoms with Crippen LogP contribution in [0.5, 0.6) is 5.75 Å². The van der Waals surface area contributed by atoms with Crippen LogP contribution in [0.2, 0.25) is 0 Å². The van der Waals surface area contributed by atoms with Crippen LogP contribution in [0.1, 0.15) is 39.5 Å². The van der Waals surface area contributed by atoms with Gasteiger partial charge in [-0.3, -0.25) is 9.78 Å². The zero-order chi connectivity index (χ0) is 21.8. The van der Waals surface area contributed by atoms with E-state index in [9.17, 15) is 14.4 Å². The van der Waals surface area contributed by atoms with Crippen LogP contribution in [0.25, 0.3) is 11.0 Å². The molecule has 3 rings (SSSR count). The Hall–Kier alpha value is -3.48. The number of aryl methyl sites for hydroxylation is 2. The molecule has 2 heterocycles. The molecule has 0 atom stereocenters. The molecule has 0 radical (unpaired) electrons. The fourth-order valence-corrected chi connectivity index (χ4v) is 3.52. The molecule has 3 aromatic rings. The third-order valence-electron chi connectivity index (χ3n) is 4.99. The van der Waals surface area contributed by atoms with E-state index in [0.717, 1.165) is 28.5 Å². The lowest BCUT2D eigenvalue weighted by molar-refractivity contribution is -0.107. The number of hydrogen-bond acceptors (Lipinski definition) is 6. The Labute approximate surface area is 174 Å². The van der Waals surface area contributed by atoms with Crippen molar-refractivity contribution in [3.8, 4) is 5.75 Å². The van der Waals surface area contributed by atoms with E-state index < -0.39 is 11.5 Å². The van der Waals surface area contributed by atoms with E-state index in [4.69, 9.17) is 9.47 Å². The van der Waals surface area contributed by atoms with Gasteiger partial charge in [-0.05, 0) is 43.0 Å². The van der Waals surface area contributed by atoms with Crippen molar-refractivity contribution in [2.24, 2.45) is 7.05 Å². The Morgan fingerprint density at radius 2 is 2.00 bits per heavy atom. The van der Waals surface area contributed by atoms with Crippen LogP contribution in [-0.4, -0.2) is 35.5 Å². The molecule has 0 N–H and O–H groups in total. The number of ether oxygens (including phenoxy) is 2. The van der Waals surface area contributed by atoms with Crippen LogP contribution in [0.15, 0.2) is 35.3 Å². The number of nitrogens with zero attached hydrogens (tertiary/aromatic N) is 2. The minimum absolute atomic E-state index is 0.107. The minimum Gasteiger partial charge on any atom is -0.493 e. The maximum atomic E-state index is 12.8. The number of aromatic nitrogens is 2. The van der Waals surface area contributed by atoms with Gasteiger partial charge < -0.3 is 18.8 Å². The molecular formula is C23H24N2O5. The van der Waals surface area contributed by atoms with Gasteiger partial charge in [0.1, 0.15) is 11.8 Å². The Morgan fingerprint density at radius 1 is 1.23 bits per heavy atom. The van der Waals surface area contributed by atoms with Gasteiger partial charge in [0.05, 0.1) is 19.2 Å². The average molecular weight is 408 g/mol. The molecule has 2 aromatic heterocycles. The van der Waals surface area contributed by atoms with Crippen LogP contribution in [-0.2, 0) is 29.4 Å². The van der Waals surface area contributed by atoms with Crippen LogP contribution >= 0.6 is 0 Å². The second-order valence-electron chi connectivity index (χ2n) is 7.02. The Bertz CT molecular complexity index is 1180. The molecule has 0 saturated carbocycles. The van der Waals surface area contributed by atoms with Crippen LogP contribution in [0, 0.1) is 6.92 Å². The summed E-state index contributed by atoms with van der Waals surface area (Å²) in [6.45, 7) is 3.80. The first-order chi connectivity index (χ1) is 14.4. The number of pyridine rings is 2. The first kappa shape index (κ1) is 21.2. The maximum Gasteiger partial charge on any atom is 0.347 e. The summed E-state index contributed by atoms with van der Waals surface area (Å²) in [4.78, 5) is 40.7. The monoisotopic (exact) mass is 408 g/mol. The first-order valence-electron chi connectivity index (χ1n) is 9.66. The highest BCUT2D eigenvalue weighted by atomic mass is 16.5. The first-order valence-corrected chi connectivity index (χ1v) is 9.66. The largest absolute Gasteiger partial charge is 0.493 e. The van der Waals surface area contributed by atoms with E-state index >= 15 is 0 Å². The van der Waals surface area contributed by atoms with E-state index in [-0.39, 0.29) is 17.9 Å². The van der Waals surface area contributed by atoms with E-state index in [1.165, 1.54) is 11.7 Å². The predicted molar refractivity (Wildman–Crippen MR) is 113 cm³/mol. The van der Waals surface area contributed by atoms with Gasteiger partial charge in [0.25, 0.3) is 5.56 Å². The second-order valence-corrected chi connectivity index (χ2v) is 7.02. The van der Waals surface area contributed by atoms with E-state index in [1.54, 1.807) is 20.2 Å². The Morgan fingerprint density at radius 3 is 2.67 bits per heavy atom. The van der Waals surface area contributed by atoms with Crippen molar-refractivity contribution in [3.63, 3.8) is 0 Å². The number of benzene rings is 1. The van der Waals surface area contributed by atoms with Gasteiger partial charge in [0.15, 0.2) is 11.3 Å². The lowest BCUT2D eigenvalue weighted by atomic mass is 9.97. The highest BCUT2D eigenvalue weighted by Gasteiger charge is 2.24. The zero-order valence-electron chi connectivity index (χ0n) is 17.5. The van der Waals surface area contributed by atoms with Crippen LogP contribution < -0.4 is 10.3 Å². The summed E-state index contributed by atoms with van der Waals surface area (Å²) < 4.78 is 11.8. The van der Waals surface area contributed by atoms with Crippen molar-refractivity contribution in [1.29, 1.82) is 0 Å². The molecule has 7 heteroatoms. The molecule has 0 amide bonds. The highest BCUT2D eigenvalue weighted by Crippen LogP contribution is 2.27. The SMILES string of the molecule is CCOC(=O)c1c(OC)c2ncc(Cc3ccc(C)cc3CC=O)cc2n(C)c1=O. The fraction of sp³-hybridized carbons (Fsp3) is 0.304. The molecule has 0 fully saturated rings. The van der Waals surface area contributed by atoms with Crippen molar-refractivity contribution in [1.82, 2.24) is 9.55 Å². The lowest BCUT2D eigenvalue weighted by Crippen LogP contribution is -2.27. The zero-order valence-corrected chi connectivity index (χ0v) is 17.5. The molecule has 0 saturated heterocycles. The number of esters is 1. The number of fused-ring (bicyclic) bond motifs is 1. The van der Waals surface area contributed by atoms with E-state index in [1.807, 2.05) is 31.2 Å². The number of methoxy groups -OCH3 is 1. The molecule has 0 aliphatic heterocycles. The minimum atomic E-state index is -0.735. The topological polar surface area (TPSA) is 87.5 Å². The number of rotatable bonds is 7. The fourth-order valence-electron chi connectivity index (χ4n) is 3.52. The maximum absolute atomic E-state index is 12.8. The standard InChI is InChI=1S/C23H24N2O5/c1-5-30-23(28)19-21(29-4)20-18(25(3)22(19)27)12-15(13-24-20)11-16-7-6-14(2)10-17(16)8-9-26/h6-7,9-10,12-13H,5,8,11H2,1-4H3. The van der Waals surface area contributed by atoms with Gasteiger partial charge >= 0.3 is 5.97 Å². The molecular weight excluding hydrogens is 384 g/mol. The molecule has 156 valence electrons.